The topological polar surface area (TPSA) is 61.4 Å². The van der Waals surface area contributed by atoms with Crippen LogP contribution in [0.3, 0.4) is 0 Å². The van der Waals surface area contributed by atoms with E-state index in [9.17, 15) is 9.59 Å². The van der Waals surface area contributed by atoms with Crippen LogP contribution in [0.25, 0.3) is 0 Å². The van der Waals surface area contributed by atoms with E-state index < -0.39 is 0 Å². The first kappa shape index (κ1) is 16.5. The van der Waals surface area contributed by atoms with Crippen LogP contribution >= 0.6 is 15.9 Å². The van der Waals surface area contributed by atoms with Crippen molar-refractivity contribution in [3.8, 4) is 0 Å². The molecule has 2 amide bonds. The minimum absolute atomic E-state index is 0.0747. The Bertz CT molecular complexity index is 761. The lowest BCUT2D eigenvalue weighted by atomic mass is 10.1. The summed E-state index contributed by atoms with van der Waals surface area (Å²) in [6, 6.07) is 14.8. The van der Waals surface area contributed by atoms with Crippen LogP contribution in [0, 0.1) is 0 Å². The average Bonchev–Trinajstić information content (AvgIpc) is 2.68. The van der Waals surface area contributed by atoms with Crippen LogP contribution in [0.4, 0.5) is 17.1 Å². The molecule has 1 unspecified atom stereocenters. The Morgan fingerprint density at radius 3 is 2.71 bits per heavy atom. The maximum absolute atomic E-state index is 12.8. The van der Waals surface area contributed by atoms with Crippen molar-refractivity contribution < 1.29 is 9.59 Å². The lowest BCUT2D eigenvalue weighted by molar-refractivity contribution is -0.118. The van der Waals surface area contributed by atoms with Crippen LogP contribution in [-0.4, -0.2) is 24.4 Å². The molecule has 3 rings (SSSR count). The van der Waals surface area contributed by atoms with Crippen molar-refractivity contribution >= 4 is 44.8 Å². The Kier molecular flexibility index (Phi) is 4.85. The molecule has 2 N–H and O–H groups in total. The van der Waals surface area contributed by atoms with Gasteiger partial charge in [-0.25, -0.2) is 0 Å². The van der Waals surface area contributed by atoms with E-state index in [-0.39, 0.29) is 30.8 Å². The number of halogens is 1. The first-order valence-corrected chi connectivity index (χ1v) is 8.54. The van der Waals surface area contributed by atoms with Crippen LogP contribution < -0.4 is 15.5 Å². The third-order valence-electron chi connectivity index (χ3n) is 3.92. The third kappa shape index (κ3) is 3.59. The molecule has 6 heteroatoms. The van der Waals surface area contributed by atoms with E-state index in [1.807, 2.05) is 55.5 Å². The summed E-state index contributed by atoms with van der Waals surface area (Å²) in [4.78, 5) is 26.4. The van der Waals surface area contributed by atoms with Gasteiger partial charge in [-0.2, -0.15) is 0 Å². The summed E-state index contributed by atoms with van der Waals surface area (Å²) in [5.41, 5.74) is 2.28. The SMILES string of the molecule is CC1CC(=O)Nc2ccccc2N1C(=O)CNc1ccc(Br)cc1. The van der Waals surface area contributed by atoms with Gasteiger partial charge in [0, 0.05) is 22.6 Å². The zero-order chi connectivity index (χ0) is 17.1. The van der Waals surface area contributed by atoms with Crippen molar-refractivity contribution in [1.29, 1.82) is 0 Å². The third-order valence-corrected chi connectivity index (χ3v) is 4.44. The standard InChI is InChI=1S/C18H18BrN3O2/c1-12-10-17(23)21-15-4-2-3-5-16(15)22(12)18(24)11-20-14-8-6-13(19)7-9-14/h2-9,12,20H,10-11H2,1H3,(H,21,23). The number of nitrogens with one attached hydrogen (secondary N) is 2. The first-order chi connectivity index (χ1) is 11.5. The van der Waals surface area contributed by atoms with Gasteiger partial charge in [-0.15, -0.1) is 0 Å². The molecule has 0 bridgehead atoms. The predicted octanol–water partition coefficient (Wildman–Crippen LogP) is 3.62. The second kappa shape index (κ2) is 7.05. The van der Waals surface area contributed by atoms with Crippen LogP contribution in [0.2, 0.25) is 0 Å². The second-order valence-electron chi connectivity index (χ2n) is 5.74. The summed E-state index contributed by atoms with van der Waals surface area (Å²) >= 11 is 3.39. The molecule has 24 heavy (non-hydrogen) atoms. The van der Waals surface area contributed by atoms with E-state index in [1.54, 1.807) is 4.90 Å². The highest BCUT2D eigenvalue weighted by atomic mass is 79.9. The number of hydrogen-bond donors (Lipinski definition) is 2. The van der Waals surface area contributed by atoms with Gasteiger partial charge in [0.2, 0.25) is 11.8 Å². The predicted molar refractivity (Wildman–Crippen MR) is 99.3 cm³/mol. The van der Waals surface area contributed by atoms with Crippen LogP contribution in [0.1, 0.15) is 13.3 Å². The monoisotopic (exact) mass is 387 g/mol. The molecule has 1 atom stereocenters. The molecule has 5 nitrogen and oxygen atoms in total. The molecule has 1 heterocycles. The van der Waals surface area contributed by atoms with Gasteiger partial charge in [0.15, 0.2) is 0 Å². The Morgan fingerprint density at radius 2 is 1.96 bits per heavy atom. The van der Waals surface area contributed by atoms with Gasteiger partial charge in [0.1, 0.15) is 0 Å². The van der Waals surface area contributed by atoms with Crippen molar-refractivity contribution in [3.05, 3.63) is 53.0 Å². The number of amides is 2. The molecule has 1 aliphatic rings. The molecular formula is C18H18BrN3O2. The number of carbonyl (C=O) groups is 2. The first-order valence-electron chi connectivity index (χ1n) is 7.75. The smallest absolute Gasteiger partial charge is 0.246 e. The fourth-order valence-electron chi connectivity index (χ4n) is 2.80. The molecule has 2 aromatic carbocycles. The minimum Gasteiger partial charge on any atom is -0.376 e. The molecule has 0 fully saturated rings. The maximum atomic E-state index is 12.8. The molecule has 124 valence electrons. The molecule has 0 radical (unpaired) electrons. The molecule has 1 aliphatic heterocycles. The van der Waals surface area contributed by atoms with E-state index in [2.05, 4.69) is 26.6 Å². The molecule has 0 aromatic heterocycles. The van der Waals surface area contributed by atoms with Crippen molar-refractivity contribution in [1.82, 2.24) is 0 Å². The molecule has 2 aromatic rings. The van der Waals surface area contributed by atoms with E-state index in [0.717, 1.165) is 15.8 Å². The van der Waals surface area contributed by atoms with E-state index >= 15 is 0 Å². The Balaban J connectivity index is 1.79. The molecular weight excluding hydrogens is 370 g/mol. The number of rotatable bonds is 3. The molecule has 0 aliphatic carbocycles. The number of hydrogen-bond acceptors (Lipinski definition) is 3. The zero-order valence-corrected chi connectivity index (χ0v) is 14.8. The summed E-state index contributed by atoms with van der Waals surface area (Å²) in [7, 11) is 0. The van der Waals surface area contributed by atoms with Gasteiger partial charge < -0.3 is 15.5 Å². The fraction of sp³-hybridized carbons (Fsp3) is 0.222. The lowest BCUT2D eigenvalue weighted by Crippen LogP contribution is -2.42. The molecule has 0 saturated carbocycles. The fourth-order valence-corrected chi connectivity index (χ4v) is 3.06. The van der Waals surface area contributed by atoms with E-state index in [1.165, 1.54) is 0 Å². The number of nitrogens with zero attached hydrogens (tertiary/aromatic N) is 1. The van der Waals surface area contributed by atoms with Crippen molar-refractivity contribution in [3.63, 3.8) is 0 Å². The van der Waals surface area contributed by atoms with Crippen molar-refractivity contribution in [2.45, 2.75) is 19.4 Å². The van der Waals surface area contributed by atoms with Gasteiger partial charge in [0.05, 0.1) is 17.9 Å². The summed E-state index contributed by atoms with van der Waals surface area (Å²) in [6.45, 7) is 2.05. The van der Waals surface area contributed by atoms with Gasteiger partial charge >= 0.3 is 0 Å². The van der Waals surface area contributed by atoms with E-state index in [0.29, 0.717) is 5.69 Å². The van der Waals surface area contributed by atoms with Crippen molar-refractivity contribution in [2.24, 2.45) is 0 Å². The lowest BCUT2D eigenvalue weighted by Gasteiger charge is -2.28. The minimum atomic E-state index is -0.201. The van der Waals surface area contributed by atoms with Gasteiger partial charge in [-0.1, -0.05) is 28.1 Å². The average molecular weight is 388 g/mol. The quantitative estimate of drug-likeness (QED) is 0.844. The van der Waals surface area contributed by atoms with Crippen LogP contribution in [-0.2, 0) is 9.59 Å². The Labute approximate surface area is 149 Å². The van der Waals surface area contributed by atoms with Crippen molar-refractivity contribution in [2.75, 3.05) is 22.1 Å². The number of carbonyl (C=O) groups excluding carboxylic acids is 2. The largest absolute Gasteiger partial charge is 0.376 e. The normalized spacial score (nSPS) is 16.8. The van der Waals surface area contributed by atoms with Gasteiger partial charge in [0.25, 0.3) is 0 Å². The van der Waals surface area contributed by atoms with Crippen LogP contribution in [0.15, 0.2) is 53.0 Å². The van der Waals surface area contributed by atoms with Crippen LogP contribution in [0.5, 0.6) is 0 Å². The Morgan fingerprint density at radius 1 is 1.25 bits per heavy atom. The number of fused-ring (bicyclic) bond motifs is 1. The highest BCUT2D eigenvalue weighted by Crippen LogP contribution is 2.31. The number of anilines is 3. The van der Waals surface area contributed by atoms with Gasteiger partial charge in [-0.05, 0) is 43.3 Å². The molecule has 0 spiro atoms. The highest BCUT2D eigenvalue weighted by Gasteiger charge is 2.29. The Hall–Kier alpha value is -2.34. The summed E-state index contributed by atoms with van der Waals surface area (Å²) in [5, 5.41) is 5.99. The molecule has 0 saturated heterocycles. The maximum Gasteiger partial charge on any atom is 0.246 e. The summed E-state index contributed by atoms with van der Waals surface area (Å²) in [6.07, 6.45) is 0.276. The summed E-state index contributed by atoms with van der Waals surface area (Å²) < 4.78 is 0.985. The van der Waals surface area contributed by atoms with Gasteiger partial charge in [-0.3, -0.25) is 9.59 Å². The zero-order valence-electron chi connectivity index (χ0n) is 13.3. The highest BCUT2D eigenvalue weighted by molar-refractivity contribution is 9.10. The number of para-hydroxylation sites is 2. The summed E-state index contributed by atoms with van der Waals surface area (Å²) in [5.74, 6) is -0.152. The number of benzene rings is 2. The second-order valence-corrected chi connectivity index (χ2v) is 6.66. The van der Waals surface area contributed by atoms with E-state index in [4.69, 9.17) is 0 Å².